The van der Waals surface area contributed by atoms with Crippen LogP contribution in [-0.2, 0) is 0 Å². The molecule has 0 amide bonds. The largest absolute Gasteiger partial charge is 0.314 e. The van der Waals surface area contributed by atoms with E-state index in [2.05, 4.69) is 33.0 Å². The van der Waals surface area contributed by atoms with Crippen LogP contribution >= 0.6 is 0 Å². The molecule has 4 unspecified atom stereocenters. The van der Waals surface area contributed by atoms with E-state index >= 15 is 0 Å². The molecule has 1 fully saturated rings. The third kappa shape index (κ3) is 4.45. The van der Waals surface area contributed by atoms with E-state index in [0.29, 0.717) is 0 Å². The smallest absolute Gasteiger partial charge is 0.00979 e. The highest BCUT2D eigenvalue weighted by Gasteiger charge is 2.28. The van der Waals surface area contributed by atoms with E-state index in [4.69, 9.17) is 0 Å². The lowest BCUT2D eigenvalue weighted by molar-refractivity contribution is 0.293. The number of hydrogen-bond acceptors (Lipinski definition) is 1. The van der Waals surface area contributed by atoms with Gasteiger partial charge >= 0.3 is 0 Å². The fraction of sp³-hybridized carbons (Fsp3) is 1.00. The van der Waals surface area contributed by atoms with Gasteiger partial charge in [-0.15, -0.1) is 0 Å². The zero-order valence-electron chi connectivity index (χ0n) is 11.8. The van der Waals surface area contributed by atoms with Crippen molar-refractivity contribution >= 4 is 0 Å². The predicted octanol–water partition coefficient (Wildman–Crippen LogP) is 4.23. The third-order valence-corrected chi connectivity index (χ3v) is 4.31. The van der Waals surface area contributed by atoms with Gasteiger partial charge in [-0.05, 0) is 50.0 Å². The SMILES string of the molecule is CCCNC(CC(C)CC)C1CCC(C)C1. The molecule has 1 aliphatic rings. The lowest BCUT2D eigenvalue weighted by atomic mass is 9.88. The molecule has 1 nitrogen and oxygen atoms in total. The Balaban J connectivity index is 2.42. The summed E-state index contributed by atoms with van der Waals surface area (Å²) in [5.41, 5.74) is 0. The summed E-state index contributed by atoms with van der Waals surface area (Å²) in [4.78, 5) is 0. The van der Waals surface area contributed by atoms with Crippen LogP contribution in [0.3, 0.4) is 0 Å². The molecular formula is C15H31N. The first-order valence-electron chi connectivity index (χ1n) is 7.40. The lowest BCUT2D eigenvalue weighted by Gasteiger charge is -2.27. The van der Waals surface area contributed by atoms with Crippen molar-refractivity contribution in [2.75, 3.05) is 6.54 Å². The van der Waals surface area contributed by atoms with Crippen molar-refractivity contribution in [1.82, 2.24) is 5.32 Å². The predicted molar refractivity (Wildman–Crippen MR) is 72.7 cm³/mol. The molecule has 1 aliphatic carbocycles. The molecule has 16 heavy (non-hydrogen) atoms. The van der Waals surface area contributed by atoms with Gasteiger partial charge in [-0.1, -0.05) is 40.5 Å². The lowest BCUT2D eigenvalue weighted by Crippen LogP contribution is -2.37. The van der Waals surface area contributed by atoms with Gasteiger partial charge in [0.05, 0.1) is 0 Å². The molecule has 0 aromatic carbocycles. The van der Waals surface area contributed by atoms with Crippen LogP contribution in [0.2, 0.25) is 0 Å². The molecule has 0 saturated heterocycles. The summed E-state index contributed by atoms with van der Waals surface area (Å²) in [7, 11) is 0. The maximum absolute atomic E-state index is 3.80. The second kappa shape index (κ2) is 7.32. The van der Waals surface area contributed by atoms with E-state index in [1.165, 1.54) is 45.1 Å². The highest BCUT2D eigenvalue weighted by molar-refractivity contribution is 4.84. The maximum atomic E-state index is 3.80. The van der Waals surface area contributed by atoms with Crippen LogP contribution in [0.1, 0.15) is 66.2 Å². The maximum Gasteiger partial charge on any atom is 0.00979 e. The molecule has 0 aromatic heterocycles. The van der Waals surface area contributed by atoms with Crippen LogP contribution in [0.5, 0.6) is 0 Å². The topological polar surface area (TPSA) is 12.0 Å². The highest BCUT2D eigenvalue weighted by Crippen LogP contribution is 2.34. The number of hydrogen-bond donors (Lipinski definition) is 1. The van der Waals surface area contributed by atoms with Crippen molar-refractivity contribution in [1.29, 1.82) is 0 Å². The number of nitrogens with one attached hydrogen (secondary N) is 1. The van der Waals surface area contributed by atoms with Gasteiger partial charge in [0.1, 0.15) is 0 Å². The molecule has 0 aliphatic heterocycles. The normalized spacial score (nSPS) is 29.2. The van der Waals surface area contributed by atoms with Crippen molar-refractivity contribution in [2.45, 2.75) is 72.3 Å². The Morgan fingerprint density at radius 2 is 2.00 bits per heavy atom. The van der Waals surface area contributed by atoms with Crippen molar-refractivity contribution in [3.8, 4) is 0 Å². The molecular weight excluding hydrogens is 194 g/mol. The first-order chi connectivity index (χ1) is 7.67. The third-order valence-electron chi connectivity index (χ3n) is 4.31. The zero-order valence-corrected chi connectivity index (χ0v) is 11.8. The summed E-state index contributed by atoms with van der Waals surface area (Å²) in [5.74, 6) is 2.80. The summed E-state index contributed by atoms with van der Waals surface area (Å²) >= 11 is 0. The van der Waals surface area contributed by atoms with Gasteiger partial charge in [-0.3, -0.25) is 0 Å². The monoisotopic (exact) mass is 225 g/mol. The molecule has 0 heterocycles. The van der Waals surface area contributed by atoms with Gasteiger partial charge in [0, 0.05) is 6.04 Å². The molecule has 0 spiro atoms. The molecule has 1 N–H and O–H groups in total. The van der Waals surface area contributed by atoms with Crippen LogP contribution < -0.4 is 5.32 Å². The summed E-state index contributed by atoms with van der Waals surface area (Å²) < 4.78 is 0. The second-order valence-corrected chi connectivity index (χ2v) is 5.99. The van der Waals surface area contributed by atoms with Crippen molar-refractivity contribution in [3.05, 3.63) is 0 Å². The van der Waals surface area contributed by atoms with Crippen LogP contribution in [0.15, 0.2) is 0 Å². The van der Waals surface area contributed by atoms with Gasteiger partial charge in [-0.2, -0.15) is 0 Å². The van der Waals surface area contributed by atoms with Crippen LogP contribution in [0.25, 0.3) is 0 Å². The Hall–Kier alpha value is -0.0400. The first kappa shape index (κ1) is 14.0. The van der Waals surface area contributed by atoms with E-state index in [9.17, 15) is 0 Å². The van der Waals surface area contributed by atoms with Gasteiger partial charge in [0.15, 0.2) is 0 Å². The quantitative estimate of drug-likeness (QED) is 0.684. The minimum atomic E-state index is 0.792. The molecule has 0 aromatic rings. The van der Waals surface area contributed by atoms with E-state index in [1.54, 1.807) is 0 Å². The molecule has 1 rings (SSSR count). The minimum absolute atomic E-state index is 0.792. The van der Waals surface area contributed by atoms with Crippen LogP contribution in [0, 0.1) is 17.8 Å². The highest BCUT2D eigenvalue weighted by atomic mass is 14.9. The van der Waals surface area contributed by atoms with Gasteiger partial charge in [0.2, 0.25) is 0 Å². The standard InChI is InChI=1S/C15H31N/c1-5-9-16-15(11-12(3)6-2)14-8-7-13(4)10-14/h12-16H,5-11H2,1-4H3. The fourth-order valence-corrected chi connectivity index (χ4v) is 2.99. The molecule has 1 saturated carbocycles. The van der Waals surface area contributed by atoms with Gasteiger partial charge < -0.3 is 5.32 Å². The summed E-state index contributed by atoms with van der Waals surface area (Å²) in [6.07, 6.45) is 8.34. The molecule has 96 valence electrons. The summed E-state index contributed by atoms with van der Waals surface area (Å²) in [5, 5.41) is 3.80. The summed E-state index contributed by atoms with van der Waals surface area (Å²) in [6, 6.07) is 0.792. The Morgan fingerprint density at radius 3 is 2.50 bits per heavy atom. The van der Waals surface area contributed by atoms with Crippen LogP contribution in [-0.4, -0.2) is 12.6 Å². The van der Waals surface area contributed by atoms with Crippen LogP contribution in [0.4, 0.5) is 0 Å². The average Bonchev–Trinajstić information content (AvgIpc) is 2.70. The van der Waals surface area contributed by atoms with E-state index in [-0.39, 0.29) is 0 Å². The Kier molecular flexibility index (Phi) is 6.41. The first-order valence-corrected chi connectivity index (χ1v) is 7.40. The van der Waals surface area contributed by atoms with Gasteiger partial charge in [-0.25, -0.2) is 0 Å². The average molecular weight is 225 g/mol. The zero-order chi connectivity index (χ0) is 12.0. The Labute approximate surface area is 102 Å². The Morgan fingerprint density at radius 1 is 1.25 bits per heavy atom. The summed E-state index contributed by atoms with van der Waals surface area (Å²) in [6.45, 7) is 10.6. The van der Waals surface area contributed by atoms with Gasteiger partial charge in [0.25, 0.3) is 0 Å². The molecule has 4 atom stereocenters. The van der Waals surface area contributed by atoms with E-state index in [1.807, 2.05) is 0 Å². The van der Waals surface area contributed by atoms with Crippen molar-refractivity contribution in [2.24, 2.45) is 17.8 Å². The molecule has 1 heteroatoms. The van der Waals surface area contributed by atoms with Crippen molar-refractivity contribution < 1.29 is 0 Å². The van der Waals surface area contributed by atoms with E-state index < -0.39 is 0 Å². The second-order valence-electron chi connectivity index (χ2n) is 5.99. The number of rotatable bonds is 7. The molecule has 0 bridgehead atoms. The van der Waals surface area contributed by atoms with Crippen molar-refractivity contribution in [3.63, 3.8) is 0 Å². The minimum Gasteiger partial charge on any atom is -0.314 e. The molecule has 0 radical (unpaired) electrons. The van der Waals surface area contributed by atoms with E-state index in [0.717, 1.165) is 23.8 Å². The Bertz CT molecular complexity index is 178. The fourth-order valence-electron chi connectivity index (χ4n) is 2.99.